The standard InChI is InChI=1S/C28H37F3N4O3/c1-35(2)16-15-32-13-6-14-33-27(36)37-18-21-10-11-22-25(19-7-4-3-5-8-19)34-24-12-9-20(28(29,30)31)17-23(24)26(22)38-21/h3-5,7-9,12,17,21-22,25-26,32,34H,6,10-11,13-16,18H2,1-2H3,(H,33,36)/t21-,22+,25+,26+/m1/s1. The molecule has 0 bridgehead atoms. The van der Waals surface area contributed by atoms with Crippen molar-refractivity contribution in [3.63, 3.8) is 0 Å². The summed E-state index contributed by atoms with van der Waals surface area (Å²) < 4.78 is 52.2. The van der Waals surface area contributed by atoms with Crippen molar-refractivity contribution in [1.29, 1.82) is 0 Å². The van der Waals surface area contributed by atoms with Crippen molar-refractivity contribution in [2.24, 2.45) is 5.92 Å². The van der Waals surface area contributed by atoms with Crippen LogP contribution >= 0.6 is 0 Å². The third-order valence-corrected chi connectivity index (χ3v) is 7.07. The van der Waals surface area contributed by atoms with E-state index in [1.165, 1.54) is 12.1 Å². The van der Waals surface area contributed by atoms with Crippen LogP contribution < -0.4 is 16.0 Å². The van der Waals surface area contributed by atoms with Crippen molar-refractivity contribution in [3.8, 4) is 0 Å². The molecule has 1 saturated heterocycles. The number of rotatable bonds is 10. The third-order valence-electron chi connectivity index (χ3n) is 7.07. The van der Waals surface area contributed by atoms with E-state index in [0.717, 1.165) is 44.1 Å². The van der Waals surface area contributed by atoms with Gasteiger partial charge in [0.05, 0.1) is 23.8 Å². The van der Waals surface area contributed by atoms with E-state index >= 15 is 0 Å². The van der Waals surface area contributed by atoms with Crippen molar-refractivity contribution in [1.82, 2.24) is 15.5 Å². The first-order valence-electron chi connectivity index (χ1n) is 13.2. The summed E-state index contributed by atoms with van der Waals surface area (Å²) in [6.45, 7) is 3.16. The number of carbonyl (C=O) groups excluding carboxylic acids is 1. The zero-order valence-electron chi connectivity index (χ0n) is 21.9. The van der Waals surface area contributed by atoms with Gasteiger partial charge in [-0.25, -0.2) is 4.79 Å². The molecule has 0 saturated carbocycles. The first-order valence-corrected chi connectivity index (χ1v) is 13.2. The minimum absolute atomic E-state index is 0.0495. The van der Waals surface area contributed by atoms with E-state index in [9.17, 15) is 18.0 Å². The second-order valence-corrected chi connectivity index (χ2v) is 10.2. The monoisotopic (exact) mass is 534 g/mol. The fraction of sp³-hybridized carbons (Fsp3) is 0.536. The number of halogens is 3. The van der Waals surface area contributed by atoms with Crippen LogP contribution in [0.5, 0.6) is 0 Å². The number of amides is 1. The van der Waals surface area contributed by atoms with Crippen LogP contribution in [-0.2, 0) is 15.7 Å². The second kappa shape index (κ2) is 12.8. The Bertz CT molecular complexity index is 1050. The number of alkyl halides is 3. The van der Waals surface area contributed by atoms with Crippen LogP contribution in [-0.4, -0.2) is 64.0 Å². The summed E-state index contributed by atoms with van der Waals surface area (Å²) in [5.41, 5.74) is 1.48. The average Bonchev–Trinajstić information content (AvgIpc) is 2.90. The number of carbonyl (C=O) groups is 1. The molecule has 4 rings (SSSR count). The molecule has 7 nitrogen and oxygen atoms in total. The summed E-state index contributed by atoms with van der Waals surface area (Å²) in [6.07, 6.45) is -3.76. The van der Waals surface area contributed by atoms with Crippen molar-refractivity contribution >= 4 is 11.8 Å². The highest BCUT2D eigenvalue weighted by Crippen LogP contribution is 2.51. The predicted molar refractivity (Wildman–Crippen MR) is 140 cm³/mol. The van der Waals surface area contributed by atoms with E-state index in [1.807, 2.05) is 44.4 Å². The van der Waals surface area contributed by atoms with Crippen LogP contribution in [0.1, 0.15) is 48.1 Å². The SMILES string of the molecule is CN(C)CCNCCCNC(=O)OC[C@H]1CC[C@@H]2[C@H](O1)c1cc(C(F)(F)F)ccc1N[C@H]2c1ccccc1. The van der Waals surface area contributed by atoms with Crippen molar-refractivity contribution in [2.45, 2.75) is 43.7 Å². The van der Waals surface area contributed by atoms with Gasteiger partial charge in [-0.3, -0.25) is 0 Å². The van der Waals surface area contributed by atoms with Crippen LogP contribution in [0.25, 0.3) is 0 Å². The highest BCUT2D eigenvalue weighted by atomic mass is 19.4. The van der Waals surface area contributed by atoms with Gasteiger partial charge in [-0.2, -0.15) is 13.2 Å². The van der Waals surface area contributed by atoms with E-state index in [4.69, 9.17) is 9.47 Å². The number of hydrogen-bond acceptors (Lipinski definition) is 6. The molecule has 0 radical (unpaired) electrons. The Balaban J connectivity index is 1.36. The first-order chi connectivity index (χ1) is 18.2. The van der Waals surface area contributed by atoms with Crippen LogP contribution in [0.4, 0.5) is 23.7 Å². The van der Waals surface area contributed by atoms with Gasteiger partial charge in [-0.05, 0) is 63.7 Å². The van der Waals surface area contributed by atoms with Crippen LogP contribution in [0.2, 0.25) is 0 Å². The smallest absolute Gasteiger partial charge is 0.416 e. The molecular weight excluding hydrogens is 497 g/mol. The molecule has 2 aliphatic heterocycles. The number of benzene rings is 2. The number of ether oxygens (including phenoxy) is 2. The van der Waals surface area contributed by atoms with E-state index in [1.54, 1.807) is 0 Å². The van der Waals surface area contributed by atoms with Crippen molar-refractivity contribution in [3.05, 3.63) is 65.2 Å². The van der Waals surface area contributed by atoms with Gasteiger partial charge in [0, 0.05) is 36.8 Å². The number of nitrogens with one attached hydrogen (secondary N) is 3. The molecule has 2 aromatic carbocycles. The summed E-state index contributed by atoms with van der Waals surface area (Å²) in [6, 6.07) is 13.5. The molecule has 1 fully saturated rings. The van der Waals surface area contributed by atoms with Gasteiger partial charge in [0.1, 0.15) is 6.61 Å². The van der Waals surface area contributed by atoms with Gasteiger partial charge in [-0.15, -0.1) is 0 Å². The summed E-state index contributed by atoms with van der Waals surface area (Å²) in [5, 5.41) is 9.51. The molecule has 208 valence electrons. The lowest BCUT2D eigenvalue weighted by Gasteiger charge is -2.45. The molecule has 10 heteroatoms. The zero-order valence-corrected chi connectivity index (χ0v) is 21.9. The summed E-state index contributed by atoms with van der Waals surface area (Å²) >= 11 is 0. The summed E-state index contributed by atoms with van der Waals surface area (Å²) in [7, 11) is 4.03. The number of alkyl carbamates (subject to hydrolysis) is 1. The maximum absolute atomic E-state index is 13.5. The maximum atomic E-state index is 13.5. The largest absolute Gasteiger partial charge is 0.447 e. The summed E-state index contributed by atoms with van der Waals surface area (Å²) in [4.78, 5) is 14.3. The minimum atomic E-state index is -4.45. The topological polar surface area (TPSA) is 74.9 Å². The van der Waals surface area contributed by atoms with E-state index in [0.29, 0.717) is 24.2 Å². The molecule has 2 aliphatic rings. The number of hydrogen-bond donors (Lipinski definition) is 3. The molecule has 4 atom stereocenters. The second-order valence-electron chi connectivity index (χ2n) is 10.2. The van der Waals surface area contributed by atoms with Gasteiger partial charge in [0.25, 0.3) is 0 Å². The summed E-state index contributed by atoms with van der Waals surface area (Å²) in [5.74, 6) is -0.0570. The fourth-order valence-corrected chi connectivity index (χ4v) is 5.10. The predicted octanol–water partition coefficient (Wildman–Crippen LogP) is 4.98. The molecule has 0 aromatic heterocycles. The number of nitrogens with zero attached hydrogens (tertiary/aromatic N) is 1. The Kier molecular flexibility index (Phi) is 9.51. The van der Waals surface area contributed by atoms with Crippen molar-refractivity contribution in [2.75, 3.05) is 52.2 Å². The van der Waals surface area contributed by atoms with E-state index in [2.05, 4.69) is 20.9 Å². The van der Waals surface area contributed by atoms with Gasteiger partial charge < -0.3 is 30.3 Å². The average molecular weight is 535 g/mol. The van der Waals surface area contributed by atoms with Gasteiger partial charge in [-0.1, -0.05) is 30.3 Å². The lowest BCUT2D eigenvalue weighted by molar-refractivity contribution is -0.138. The zero-order chi connectivity index (χ0) is 27.1. The van der Waals surface area contributed by atoms with Gasteiger partial charge in [0.15, 0.2) is 0 Å². The normalized spacial score (nSPS) is 22.8. The number of anilines is 1. The highest BCUT2D eigenvalue weighted by molar-refractivity contribution is 5.67. The van der Waals surface area contributed by atoms with Crippen molar-refractivity contribution < 1.29 is 27.4 Å². The van der Waals surface area contributed by atoms with Gasteiger partial charge >= 0.3 is 12.3 Å². The molecule has 2 aromatic rings. The Morgan fingerprint density at radius 1 is 1.11 bits per heavy atom. The molecule has 0 unspecified atom stereocenters. The third kappa shape index (κ3) is 7.39. The Morgan fingerprint density at radius 3 is 2.63 bits per heavy atom. The Morgan fingerprint density at radius 2 is 1.89 bits per heavy atom. The van der Waals surface area contributed by atoms with Crippen LogP contribution in [0.15, 0.2) is 48.5 Å². The molecule has 0 aliphatic carbocycles. The fourth-order valence-electron chi connectivity index (χ4n) is 5.10. The minimum Gasteiger partial charge on any atom is -0.447 e. The molecule has 1 amide bonds. The Hall–Kier alpha value is -2.82. The van der Waals surface area contributed by atoms with Crippen LogP contribution in [0.3, 0.4) is 0 Å². The van der Waals surface area contributed by atoms with E-state index in [-0.39, 0.29) is 18.6 Å². The highest BCUT2D eigenvalue weighted by Gasteiger charge is 2.43. The van der Waals surface area contributed by atoms with Crippen LogP contribution in [0, 0.1) is 5.92 Å². The van der Waals surface area contributed by atoms with E-state index < -0.39 is 30.0 Å². The Labute approximate surface area is 222 Å². The first kappa shape index (κ1) is 28.2. The molecule has 3 N–H and O–H groups in total. The molecule has 0 spiro atoms. The lowest BCUT2D eigenvalue weighted by Crippen LogP contribution is -2.41. The molecular formula is C28H37F3N4O3. The number of fused-ring (bicyclic) bond motifs is 3. The number of likely N-dealkylation sites (N-methyl/N-ethyl adjacent to an activating group) is 1. The molecule has 2 heterocycles. The lowest BCUT2D eigenvalue weighted by atomic mass is 9.76. The van der Waals surface area contributed by atoms with Gasteiger partial charge in [0.2, 0.25) is 0 Å². The molecule has 38 heavy (non-hydrogen) atoms. The maximum Gasteiger partial charge on any atom is 0.416 e. The quantitative estimate of drug-likeness (QED) is 0.374.